The first-order chi connectivity index (χ1) is 27.7. The van der Waals surface area contributed by atoms with Crippen molar-refractivity contribution in [2.45, 2.75) is 37.5 Å². The van der Waals surface area contributed by atoms with Gasteiger partial charge in [0.15, 0.2) is 5.71 Å². The highest BCUT2D eigenvalue weighted by Crippen LogP contribution is 2.52. The van der Waals surface area contributed by atoms with Crippen molar-refractivity contribution < 1.29 is 4.58 Å². The van der Waals surface area contributed by atoms with Gasteiger partial charge in [-0.3, -0.25) is 0 Å². The van der Waals surface area contributed by atoms with Gasteiger partial charge in [-0.1, -0.05) is 127 Å². The van der Waals surface area contributed by atoms with Crippen molar-refractivity contribution in [2.75, 3.05) is 19.0 Å². The zero-order valence-corrected chi connectivity index (χ0v) is 32.9. The van der Waals surface area contributed by atoms with Gasteiger partial charge < -0.3 is 4.90 Å². The molecule has 4 heteroatoms. The molecule has 0 N–H and O–H groups in total. The van der Waals surface area contributed by atoms with Crippen LogP contribution in [-0.4, -0.2) is 24.4 Å². The van der Waals surface area contributed by atoms with E-state index >= 15 is 0 Å². The molecule has 2 aliphatic heterocycles. The number of allylic oxidation sites excluding steroid dienone is 10. The van der Waals surface area contributed by atoms with Crippen molar-refractivity contribution in [3.8, 4) is 12.1 Å². The molecule has 0 amide bonds. The van der Waals surface area contributed by atoms with Gasteiger partial charge in [0.1, 0.15) is 7.05 Å². The summed E-state index contributed by atoms with van der Waals surface area (Å²) in [5.41, 5.74) is 9.99. The van der Waals surface area contributed by atoms with E-state index in [0.717, 1.165) is 24.3 Å². The summed E-state index contributed by atoms with van der Waals surface area (Å²) in [5.74, 6) is 0. The quantitative estimate of drug-likeness (QED) is 0.0843. The molecule has 0 bridgehead atoms. The third-order valence-corrected chi connectivity index (χ3v) is 11.9. The monoisotopic (exact) mass is 737 g/mol. The summed E-state index contributed by atoms with van der Waals surface area (Å²) in [6.07, 6.45) is 15.1. The van der Waals surface area contributed by atoms with Crippen LogP contribution in [0.1, 0.15) is 36.1 Å². The van der Waals surface area contributed by atoms with Gasteiger partial charge in [0.25, 0.3) is 0 Å². The second-order valence-corrected chi connectivity index (χ2v) is 15.6. The second-order valence-electron chi connectivity index (χ2n) is 15.6. The minimum atomic E-state index is -0.318. The average molecular weight is 738 g/mol. The molecule has 2 atom stereocenters. The standard InChI is InChI=1S/C53H45N4/c1-52(34-38-17-7-5-8-18-38)48(56(3)46-31-29-42-23-11-13-25-44(42)50(46)52)27-15-21-40(36-54)33-41(37-55)22-16-28-49-53(2,35-39-19-9-6-10-20-39)51-45-26-14-12-24-43(45)30-32-47(51)57(49)4/h5-33H,34-35H2,1-4H3/q+1. The van der Waals surface area contributed by atoms with Gasteiger partial charge in [0.05, 0.1) is 28.7 Å². The molecule has 8 rings (SSSR count). The fraction of sp³-hybridized carbons (Fsp3) is 0.151. The number of likely N-dealkylation sites (N-methyl/N-ethyl adjacent to an activating group) is 1. The first-order valence-electron chi connectivity index (χ1n) is 19.5. The van der Waals surface area contributed by atoms with E-state index < -0.39 is 0 Å². The number of rotatable bonds is 9. The van der Waals surface area contributed by atoms with Gasteiger partial charge in [-0.25, -0.2) is 0 Å². The number of fused-ring (bicyclic) bond motifs is 6. The summed E-state index contributed by atoms with van der Waals surface area (Å²) in [6, 6.07) is 51.9. The van der Waals surface area contributed by atoms with E-state index in [2.05, 4.69) is 195 Å². The highest BCUT2D eigenvalue weighted by Gasteiger charge is 2.48. The zero-order valence-electron chi connectivity index (χ0n) is 32.9. The van der Waals surface area contributed by atoms with E-state index in [-0.39, 0.29) is 10.8 Å². The smallest absolute Gasteiger partial charge is 0.210 e. The molecule has 276 valence electrons. The topological polar surface area (TPSA) is 53.8 Å². The van der Waals surface area contributed by atoms with E-state index in [1.54, 1.807) is 18.2 Å². The Bertz CT molecular complexity index is 2800. The SMILES string of the molecule is CN1C(=CC=CC(C#N)=CC(C#N)=CC=CC2=[N+](C)c3ccc4ccccc4c3C2(C)Cc2ccccc2)C(C)(Cc2ccccc2)c2c1ccc1ccccc21. The Morgan fingerprint density at radius 3 is 1.84 bits per heavy atom. The van der Waals surface area contributed by atoms with E-state index in [9.17, 15) is 10.5 Å². The molecule has 6 aromatic carbocycles. The predicted molar refractivity (Wildman–Crippen MR) is 236 cm³/mol. The summed E-state index contributed by atoms with van der Waals surface area (Å²) >= 11 is 0. The van der Waals surface area contributed by atoms with Crippen molar-refractivity contribution in [1.82, 2.24) is 0 Å². The molecule has 0 spiro atoms. The van der Waals surface area contributed by atoms with E-state index in [1.165, 1.54) is 55.2 Å². The van der Waals surface area contributed by atoms with Crippen molar-refractivity contribution in [1.29, 1.82) is 10.5 Å². The summed E-state index contributed by atoms with van der Waals surface area (Å²) in [6.45, 7) is 4.65. The van der Waals surface area contributed by atoms with Gasteiger partial charge >= 0.3 is 0 Å². The first-order valence-corrected chi connectivity index (χ1v) is 19.5. The van der Waals surface area contributed by atoms with Crippen LogP contribution >= 0.6 is 0 Å². The molecular weight excluding hydrogens is 693 g/mol. The molecule has 0 aliphatic carbocycles. The largest absolute Gasteiger partial charge is 0.347 e. The molecule has 0 aromatic heterocycles. The van der Waals surface area contributed by atoms with Gasteiger partial charge in [-0.15, -0.1) is 0 Å². The van der Waals surface area contributed by atoms with Crippen LogP contribution < -0.4 is 4.90 Å². The molecule has 0 saturated carbocycles. The highest BCUT2D eigenvalue weighted by atomic mass is 15.2. The lowest BCUT2D eigenvalue weighted by Crippen LogP contribution is -2.33. The van der Waals surface area contributed by atoms with Crippen LogP contribution in [0.2, 0.25) is 0 Å². The summed E-state index contributed by atoms with van der Waals surface area (Å²) in [4.78, 5) is 2.28. The predicted octanol–water partition coefficient (Wildman–Crippen LogP) is 11.8. The van der Waals surface area contributed by atoms with Crippen molar-refractivity contribution >= 4 is 38.6 Å². The molecule has 0 saturated heterocycles. The van der Waals surface area contributed by atoms with Crippen molar-refractivity contribution in [2.24, 2.45) is 0 Å². The number of anilines is 1. The van der Waals surface area contributed by atoms with Crippen LogP contribution in [0.3, 0.4) is 0 Å². The number of nitrogens with zero attached hydrogens (tertiary/aromatic N) is 4. The fourth-order valence-corrected chi connectivity index (χ4v) is 9.34. The van der Waals surface area contributed by atoms with Crippen LogP contribution in [0.15, 0.2) is 193 Å². The minimum absolute atomic E-state index is 0.318. The summed E-state index contributed by atoms with van der Waals surface area (Å²) in [7, 11) is 4.25. The number of benzene rings is 6. The second kappa shape index (κ2) is 15.3. The van der Waals surface area contributed by atoms with Crippen LogP contribution in [0, 0.1) is 22.7 Å². The fourth-order valence-electron chi connectivity index (χ4n) is 9.34. The van der Waals surface area contributed by atoms with Crippen molar-refractivity contribution in [3.63, 3.8) is 0 Å². The van der Waals surface area contributed by atoms with Crippen molar-refractivity contribution in [3.05, 3.63) is 215 Å². The normalized spacial score (nSPS) is 20.2. The van der Waals surface area contributed by atoms with Gasteiger partial charge in [0, 0.05) is 41.6 Å². The van der Waals surface area contributed by atoms with Crippen LogP contribution in [0.4, 0.5) is 11.4 Å². The highest BCUT2D eigenvalue weighted by molar-refractivity contribution is 6.08. The van der Waals surface area contributed by atoms with Crippen LogP contribution in [0.25, 0.3) is 21.5 Å². The Hall–Kier alpha value is -7.01. The summed E-state index contributed by atoms with van der Waals surface area (Å²) < 4.78 is 2.28. The minimum Gasteiger partial charge on any atom is -0.347 e. The van der Waals surface area contributed by atoms with Gasteiger partial charge in [0.2, 0.25) is 5.69 Å². The number of hydrogen-bond donors (Lipinski definition) is 0. The number of nitriles is 2. The maximum absolute atomic E-state index is 10.2. The molecule has 2 unspecified atom stereocenters. The lowest BCUT2D eigenvalue weighted by molar-refractivity contribution is -0.401. The molecule has 4 nitrogen and oxygen atoms in total. The Kier molecular flexibility index (Phi) is 9.89. The van der Waals surface area contributed by atoms with Gasteiger partial charge in [-0.2, -0.15) is 15.1 Å². The van der Waals surface area contributed by atoms with E-state index in [0.29, 0.717) is 11.1 Å². The molecule has 2 heterocycles. The molecule has 0 fully saturated rings. The molecule has 0 radical (unpaired) electrons. The maximum atomic E-state index is 10.2. The molecular formula is C53H45N4+. The average Bonchev–Trinajstić information content (AvgIpc) is 3.58. The molecule has 57 heavy (non-hydrogen) atoms. The Balaban J connectivity index is 1.11. The lowest BCUT2D eigenvalue weighted by atomic mass is 9.73. The maximum Gasteiger partial charge on any atom is 0.210 e. The van der Waals surface area contributed by atoms with Crippen LogP contribution in [0.5, 0.6) is 0 Å². The first kappa shape index (κ1) is 36.9. The Morgan fingerprint density at radius 2 is 1.21 bits per heavy atom. The lowest BCUT2D eigenvalue weighted by Gasteiger charge is -2.29. The van der Waals surface area contributed by atoms with E-state index in [4.69, 9.17) is 0 Å². The Morgan fingerprint density at radius 1 is 0.649 bits per heavy atom. The van der Waals surface area contributed by atoms with Crippen LogP contribution in [-0.2, 0) is 23.7 Å². The third-order valence-electron chi connectivity index (χ3n) is 11.9. The summed E-state index contributed by atoms with van der Waals surface area (Å²) in [5, 5.41) is 25.4. The number of hydrogen-bond acceptors (Lipinski definition) is 3. The zero-order chi connectivity index (χ0) is 39.6. The van der Waals surface area contributed by atoms with E-state index in [1.807, 2.05) is 12.2 Å². The third kappa shape index (κ3) is 6.71. The molecule has 6 aromatic rings. The van der Waals surface area contributed by atoms with Gasteiger partial charge in [-0.05, 0) is 101 Å². The molecule has 2 aliphatic rings. The Labute approximate surface area is 336 Å².